The third-order valence-corrected chi connectivity index (χ3v) is 3.81. The van der Waals surface area contributed by atoms with Gasteiger partial charge in [-0.25, -0.2) is 19.9 Å². The zero-order valence-electron chi connectivity index (χ0n) is 12.5. The van der Waals surface area contributed by atoms with Gasteiger partial charge in [0.25, 0.3) is 0 Å². The van der Waals surface area contributed by atoms with Crippen LogP contribution in [-0.2, 0) is 12.0 Å². The van der Waals surface area contributed by atoms with Crippen molar-refractivity contribution in [1.29, 1.82) is 0 Å². The lowest BCUT2D eigenvalue weighted by Crippen LogP contribution is -2.18. The number of hydrogen-bond acceptors (Lipinski definition) is 5. The van der Waals surface area contributed by atoms with Crippen LogP contribution < -0.4 is 5.69 Å². The van der Waals surface area contributed by atoms with Crippen molar-refractivity contribution >= 4 is 23.4 Å². The number of hydrogen-bond donors (Lipinski definition) is 1. The monoisotopic (exact) mass is 327 g/mol. The lowest BCUT2D eigenvalue weighted by Gasteiger charge is -2.17. The second kappa shape index (κ2) is 6.19. The Morgan fingerprint density at radius 1 is 1.38 bits per heavy atom. The molecule has 8 heteroatoms. The van der Waals surface area contributed by atoms with E-state index in [1.807, 2.05) is 27.7 Å². The minimum atomic E-state index is -0.212. The summed E-state index contributed by atoms with van der Waals surface area (Å²) in [6.07, 6.45) is 0.852. The van der Waals surface area contributed by atoms with E-state index in [4.69, 9.17) is 11.6 Å². The zero-order valence-corrected chi connectivity index (χ0v) is 14.0. The van der Waals surface area contributed by atoms with Crippen molar-refractivity contribution in [3.05, 3.63) is 27.5 Å². The van der Waals surface area contributed by atoms with Crippen molar-refractivity contribution in [3.63, 3.8) is 0 Å². The maximum Gasteiger partial charge on any atom is 0.343 e. The van der Waals surface area contributed by atoms with E-state index in [0.29, 0.717) is 27.7 Å². The zero-order chi connectivity index (χ0) is 15.6. The van der Waals surface area contributed by atoms with Crippen LogP contribution in [0, 0.1) is 0 Å². The van der Waals surface area contributed by atoms with Crippen molar-refractivity contribution in [2.45, 2.75) is 56.3 Å². The van der Waals surface area contributed by atoms with Crippen LogP contribution in [0.15, 0.2) is 21.0 Å². The Kier molecular flexibility index (Phi) is 4.73. The van der Waals surface area contributed by atoms with E-state index in [1.165, 1.54) is 11.8 Å². The molecular formula is C13H18ClN5OS. The van der Waals surface area contributed by atoms with E-state index < -0.39 is 0 Å². The Hall–Kier alpha value is -1.34. The van der Waals surface area contributed by atoms with Gasteiger partial charge in [0.05, 0.1) is 0 Å². The molecule has 0 aliphatic carbocycles. The average molecular weight is 328 g/mol. The Bertz CT molecular complexity index is 689. The van der Waals surface area contributed by atoms with Crippen molar-refractivity contribution < 1.29 is 0 Å². The van der Waals surface area contributed by atoms with Gasteiger partial charge in [0.2, 0.25) is 0 Å². The number of nitrogens with one attached hydrogen (secondary N) is 1. The number of aromatic amines is 1. The predicted molar refractivity (Wildman–Crippen MR) is 83.0 cm³/mol. The SMILES string of the molecule is CCCn1c(Sc2cc(Cl)nc(C(C)(C)C)n2)n[nH]c1=O. The second-order valence-electron chi connectivity index (χ2n) is 5.67. The van der Waals surface area contributed by atoms with Crippen LogP contribution in [0.2, 0.25) is 5.15 Å². The molecule has 0 aromatic carbocycles. The van der Waals surface area contributed by atoms with Crippen LogP contribution in [-0.4, -0.2) is 24.7 Å². The normalized spacial score (nSPS) is 11.9. The molecule has 0 atom stereocenters. The van der Waals surface area contributed by atoms with Gasteiger partial charge >= 0.3 is 5.69 Å². The maximum atomic E-state index is 11.7. The van der Waals surface area contributed by atoms with Gasteiger partial charge in [0, 0.05) is 18.0 Å². The molecule has 0 saturated carbocycles. The van der Waals surface area contributed by atoms with Gasteiger partial charge in [-0.15, -0.1) is 5.10 Å². The molecule has 2 heterocycles. The highest BCUT2D eigenvalue weighted by Crippen LogP contribution is 2.28. The van der Waals surface area contributed by atoms with E-state index in [2.05, 4.69) is 20.2 Å². The third-order valence-electron chi connectivity index (χ3n) is 2.71. The Labute approximate surface area is 132 Å². The van der Waals surface area contributed by atoms with Crippen molar-refractivity contribution in [2.24, 2.45) is 0 Å². The minimum Gasteiger partial charge on any atom is -0.270 e. The summed E-state index contributed by atoms with van der Waals surface area (Å²) in [6, 6.07) is 1.68. The molecule has 2 aromatic rings. The summed E-state index contributed by atoms with van der Waals surface area (Å²) in [6.45, 7) is 8.69. The second-order valence-corrected chi connectivity index (χ2v) is 7.04. The molecule has 0 bridgehead atoms. The first-order chi connectivity index (χ1) is 9.81. The summed E-state index contributed by atoms with van der Waals surface area (Å²) in [5.74, 6) is 0.664. The molecule has 114 valence electrons. The molecule has 0 saturated heterocycles. The van der Waals surface area contributed by atoms with E-state index in [-0.39, 0.29) is 11.1 Å². The van der Waals surface area contributed by atoms with Gasteiger partial charge < -0.3 is 0 Å². The molecule has 6 nitrogen and oxygen atoms in total. The van der Waals surface area contributed by atoms with Gasteiger partial charge in [0.15, 0.2) is 5.16 Å². The lowest BCUT2D eigenvalue weighted by atomic mass is 9.96. The molecule has 0 amide bonds. The quantitative estimate of drug-likeness (QED) is 0.874. The summed E-state index contributed by atoms with van der Waals surface area (Å²) < 4.78 is 1.59. The van der Waals surface area contributed by atoms with E-state index >= 15 is 0 Å². The molecule has 1 N–H and O–H groups in total. The van der Waals surface area contributed by atoms with E-state index in [9.17, 15) is 4.79 Å². The Morgan fingerprint density at radius 3 is 2.71 bits per heavy atom. The standard InChI is InChI=1S/C13H18ClN5OS/c1-5-6-19-11(20)17-18-12(19)21-9-7-8(14)15-10(16-9)13(2,3)4/h7H,5-6H2,1-4H3,(H,17,20). The van der Waals surface area contributed by atoms with Gasteiger partial charge in [-0.2, -0.15) is 0 Å². The summed E-state index contributed by atoms with van der Waals surface area (Å²) in [5, 5.41) is 8.14. The molecule has 0 aliphatic heterocycles. The van der Waals surface area contributed by atoms with Crippen LogP contribution in [0.1, 0.15) is 39.9 Å². The molecule has 21 heavy (non-hydrogen) atoms. The van der Waals surface area contributed by atoms with Crippen molar-refractivity contribution in [1.82, 2.24) is 24.7 Å². The molecule has 2 aromatic heterocycles. The van der Waals surface area contributed by atoms with Gasteiger partial charge in [-0.05, 0) is 18.2 Å². The minimum absolute atomic E-state index is 0.200. The van der Waals surface area contributed by atoms with Gasteiger partial charge in [-0.1, -0.05) is 39.3 Å². The first-order valence-electron chi connectivity index (χ1n) is 6.69. The fourth-order valence-electron chi connectivity index (χ4n) is 1.68. The van der Waals surface area contributed by atoms with Gasteiger partial charge in [-0.3, -0.25) is 4.57 Å². The van der Waals surface area contributed by atoms with Crippen molar-refractivity contribution in [2.75, 3.05) is 0 Å². The largest absolute Gasteiger partial charge is 0.343 e. The Balaban J connectivity index is 2.36. The molecule has 0 spiro atoms. The maximum absolute atomic E-state index is 11.7. The smallest absolute Gasteiger partial charge is 0.270 e. The number of halogens is 1. The molecular weight excluding hydrogens is 310 g/mol. The summed E-state index contributed by atoms with van der Waals surface area (Å²) >= 11 is 7.37. The summed E-state index contributed by atoms with van der Waals surface area (Å²) in [7, 11) is 0. The first kappa shape index (κ1) is 16.0. The van der Waals surface area contributed by atoms with Gasteiger partial charge in [0.1, 0.15) is 16.0 Å². The molecule has 0 radical (unpaired) electrons. The van der Waals surface area contributed by atoms with Crippen LogP contribution in [0.3, 0.4) is 0 Å². The third kappa shape index (κ3) is 3.85. The fraction of sp³-hybridized carbons (Fsp3) is 0.538. The lowest BCUT2D eigenvalue weighted by molar-refractivity contribution is 0.538. The van der Waals surface area contributed by atoms with Crippen LogP contribution in [0.4, 0.5) is 0 Å². The van der Waals surface area contributed by atoms with Crippen molar-refractivity contribution in [3.8, 4) is 0 Å². The number of aromatic nitrogens is 5. The highest BCUT2D eigenvalue weighted by molar-refractivity contribution is 7.99. The Morgan fingerprint density at radius 2 is 2.10 bits per heavy atom. The predicted octanol–water partition coefficient (Wildman–Crippen LogP) is 2.87. The average Bonchev–Trinajstić information content (AvgIpc) is 2.70. The highest BCUT2D eigenvalue weighted by Gasteiger charge is 2.20. The van der Waals surface area contributed by atoms with E-state index in [0.717, 1.165) is 6.42 Å². The fourth-order valence-corrected chi connectivity index (χ4v) is 2.79. The summed E-state index contributed by atoms with van der Waals surface area (Å²) in [5.41, 5.74) is -0.412. The first-order valence-corrected chi connectivity index (χ1v) is 7.89. The highest BCUT2D eigenvalue weighted by atomic mass is 35.5. The topological polar surface area (TPSA) is 76.5 Å². The molecule has 0 unspecified atom stereocenters. The molecule has 0 aliphatic rings. The van der Waals surface area contributed by atoms with Crippen LogP contribution in [0.5, 0.6) is 0 Å². The van der Waals surface area contributed by atoms with Crippen LogP contribution >= 0.6 is 23.4 Å². The van der Waals surface area contributed by atoms with E-state index in [1.54, 1.807) is 10.6 Å². The number of nitrogens with zero attached hydrogens (tertiary/aromatic N) is 4. The molecule has 2 rings (SSSR count). The number of rotatable bonds is 4. The number of H-pyrrole nitrogens is 1. The molecule has 0 fully saturated rings. The van der Waals surface area contributed by atoms with Crippen LogP contribution in [0.25, 0.3) is 0 Å². The summed E-state index contributed by atoms with van der Waals surface area (Å²) in [4.78, 5) is 20.4.